The number of nitrogens with one attached hydrogen (secondary N) is 1. The zero-order chi connectivity index (χ0) is 17.8. The molecule has 1 N–H and O–H groups in total. The largest absolute Gasteiger partial charge is 0.319 e. The molecule has 0 aliphatic heterocycles. The van der Waals surface area contributed by atoms with Crippen LogP contribution < -0.4 is 5.43 Å². The van der Waals surface area contributed by atoms with Crippen LogP contribution in [-0.2, 0) is 0 Å². The molecular weight excluding hydrogens is 334 g/mol. The van der Waals surface area contributed by atoms with Crippen LogP contribution in [-0.4, -0.2) is 16.7 Å². The first-order chi connectivity index (χ1) is 12.1. The molecule has 0 radical (unpaired) electrons. The first-order valence-corrected chi connectivity index (χ1v) is 8.27. The number of aryl methyl sites for hydroxylation is 2. The lowest BCUT2D eigenvalue weighted by atomic mass is 10.2. The average Bonchev–Trinajstić information content (AvgIpc) is 2.95. The van der Waals surface area contributed by atoms with Crippen LogP contribution in [0.3, 0.4) is 0 Å². The molecule has 1 amide bonds. The Morgan fingerprint density at radius 2 is 1.64 bits per heavy atom. The number of amides is 1. The number of rotatable bonds is 4. The molecule has 0 unspecified atom stereocenters. The molecule has 3 aromatic rings. The van der Waals surface area contributed by atoms with Gasteiger partial charge in [-0.05, 0) is 56.3 Å². The van der Waals surface area contributed by atoms with Gasteiger partial charge in [0.15, 0.2) is 0 Å². The third kappa shape index (κ3) is 3.80. The van der Waals surface area contributed by atoms with Crippen molar-refractivity contribution in [3.63, 3.8) is 0 Å². The predicted molar refractivity (Wildman–Crippen MR) is 102 cm³/mol. The summed E-state index contributed by atoms with van der Waals surface area (Å²) in [5.41, 5.74) is 7.14. The predicted octanol–water partition coefficient (Wildman–Crippen LogP) is 4.51. The van der Waals surface area contributed by atoms with Gasteiger partial charge in [-0.3, -0.25) is 4.79 Å². The Morgan fingerprint density at radius 1 is 1.00 bits per heavy atom. The van der Waals surface area contributed by atoms with E-state index in [-0.39, 0.29) is 5.91 Å². The number of hydrogen-bond donors (Lipinski definition) is 1. The Morgan fingerprint density at radius 3 is 2.28 bits per heavy atom. The van der Waals surface area contributed by atoms with Crippen LogP contribution in [0.1, 0.15) is 27.3 Å². The highest BCUT2D eigenvalue weighted by Crippen LogP contribution is 2.17. The highest BCUT2D eigenvalue weighted by molar-refractivity contribution is 6.33. The van der Waals surface area contributed by atoms with Crippen LogP contribution in [0.2, 0.25) is 5.02 Å². The molecule has 0 aliphatic carbocycles. The van der Waals surface area contributed by atoms with Crippen LogP contribution in [0, 0.1) is 13.8 Å². The molecule has 0 saturated carbocycles. The third-order valence-corrected chi connectivity index (χ3v) is 4.28. The van der Waals surface area contributed by atoms with Crippen molar-refractivity contribution < 1.29 is 4.79 Å². The van der Waals surface area contributed by atoms with E-state index in [1.807, 2.05) is 30.3 Å². The fourth-order valence-electron chi connectivity index (χ4n) is 2.64. The highest BCUT2D eigenvalue weighted by Gasteiger charge is 2.07. The van der Waals surface area contributed by atoms with Crippen molar-refractivity contribution in [1.29, 1.82) is 0 Å². The molecule has 3 rings (SSSR count). The van der Waals surface area contributed by atoms with Gasteiger partial charge in [0.2, 0.25) is 0 Å². The Hall–Kier alpha value is -2.85. The van der Waals surface area contributed by atoms with E-state index in [0.717, 1.165) is 22.6 Å². The maximum atomic E-state index is 12.2. The molecule has 5 heteroatoms. The number of nitrogens with zero attached hydrogens (tertiary/aromatic N) is 2. The summed E-state index contributed by atoms with van der Waals surface area (Å²) in [7, 11) is 0. The van der Waals surface area contributed by atoms with Gasteiger partial charge in [-0.25, -0.2) is 5.43 Å². The Balaban J connectivity index is 1.70. The maximum absolute atomic E-state index is 12.2. The molecule has 0 spiro atoms. The minimum Gasteiger partial charge on any atom is -0.319 e. The van der Waals surface area contributed by atoms with Crippen molar-refractivity contribution in [1.82, 2.24) is 9.99 Å². The van der Waals surface area contributed by atoms with Crippen LogP contribution in [0.25, 0.3) is 5.69 Å². The van der Waals surface area contributed by atoms with Gasteiger partial charge in [-0.1, -0.05) is 29.8 Å². The zero-order valence-electron chi connectivity index (χ0n) is 14.0. The molecule has 4 nitrogen and oxygen atoms in total. The summed E-state index contributed by atoms with van der Waals surface area (Å²) in [6.45, 7) is 4.11. The van der Waals surface area contributed by atoms with Gasteiger partial charge in [0.05, 0.1) is 6.21 Å². The Kier molecular flexibility index (Phi) is 5.00. The molecule has 25 heavy (non-hydrogen) atoms. The van der Waals surface area contributed by atoms with Gasteiger partial charge in [-0.15, -0.1) is 0 Å². The second kappa shape index (κ2) is 7.36. The average molecular weight is 352 g/mol. The summed E-state index contributed by atoms with van der Waals surface area (Å²) in [6, 6.07) is 18.9. The van der Waals surface area contributed by atoms with E-state index in [1.54, 1.807) is 18.2 Å². The van der Waals surface area contributed by atoms with E-state index < -0.39 is 0 Å². The third-order valence-electron chi connectivity index (χ3n) is 3.93. The van der Waals surface area contributed by atoms with Crippen LogP contribution in [0.4, 0.5) is 0 Å². The lowest BCUT2D eigenvalue weighted by Crippen LogP contribution is -2.17. The number of aromatic nitrogens is 1. The number of benzene rings is 2. The first-order valence-electron chi connectivity index (χ1n) is 7.89. The van der Waals surface area contributed by atoms with E-state index in [1.165, 1.54) is 6.21 Å². The van der Waals surface area contributed by atoms with Crippen molar-refractivity contribution >= 4 is 23.7 Å². The molecule has 1 aromatic heterocycles. The normalized spacial score (nSPS) is 11.0. The number of carbonyl (C=O) groups excluding carboxylic acids is 1. The monoisotopic (exact) mass is 351 g/mol. The standard InChI is InChI=1S/C20H18ClN3O/c1-14-7-8-15(2)24(14)18-11-9-16(10-12-18)20(25)23-22-13-17-5-3-4-6-19(17)21/h3-13H,1-2H3,(H,23,25)/b22-13+. The van der Waals surface area contributed by atoms with Gasteiger partial charge >= 0.3 is 0 Å². The summed E-state index contributed by atoms with van der Waals surface area (Å²) in [4.78, 5) is 12.2. The first kappa shape index (κ1) is 17.0. The summed E-state index contributed by atoms with van der Waals surface area (Å²) in [5, 5.41) is 4.55. The minimum absolute atomic E-state index is 0.268. The van der Waals surface area contributed by atoms with E-state index in [2.05, 4.69) is 41.1 Å². The molecule has 1 heterocycles. The summed E-state index contributed by atoms with van der Waals surface area (Å²) in [5.74, 6) is -0.268. The zero-order valence-corrected chi connectivity index (χ0v) is 14.8. The number of hydrazone groups is 1. The molecule has 2 aromatic carbocycles. The Labute approximate surface area is 151 Å². The summed E-state index contributed by atoms with van der Waals surface area (Å²) in [6.07, 6.45) is 1.53. The molecular formula is C20H18ClN3O. The van der Waals surface area contributed by atoms with E-state index in [0.29, 0.717) is 10.6 Å². The molecule has 126 valence electrons. The smallest absolute Gasteiger partial charge is 0.271 e. The highest BCUT2D eigenvalue weighted by atomic mass is 35.5. The Bertz CT molecular complexity index is 907. The molecule has 0 fully saturated rings. The van der Waals surface area contributed by atoms with Gasteiger partial charge in [0.25, 0.3) is 5.91 Å². The maximum Gasteiger partial charge on any atom is 0.271 e. The lowest BCUT2D eigenvalue weighted by Gasteiger charge is -2.10. The van der Waals surface area contributed by atoms with E-state index in [9.17, 15) is 4.79 Å². The molecule has 0 saturated heterocycles. The van der Waals surface area contributed by atoms with Crippen LogP contribution in [0.5, 0.6) is 0 Å². The van der Waals surface area contributed by atoms with Crippen molar-refractivity contribution in [3.8, 4) is 5.69 Å². The van der Waals surface area contributed by atoms with Crippen LogP contribution >= 0.6 is 11.6 Å². The lowest BCUT2D eigenvalue weighted by molar-refractivity contribution is 0.0955. The van der Waals surface area contributed by atoms with E-state index in [4.69, 9.17) is 11.6 Å². The SMILES string of the molecule is Cc1ccc(C)n1-c1ccc(C(=O)N/N=C/c2ccccc2Cl)cc1. The molecule has 0 atom stereocenters. The number of hydrogen-bond acceptors (Lipinski definition) is 2. The van der Waals surface area contributed by atoms with Crippen molar-refractivity contribution in [2.45, 2.75) is 13.8 Å². The van der Waals surface area contributed by atoms with Crippen molar-refractivity contribution in [3.05, 3.63) is 88.2 Å². The second-order valence-corrected chi connectivity index (χ2v) is 6.13. The van der Waals surface area contributed by atoms with Gasteiger partial charge < -0.3 is 4.57 Å². The fourth-order valence-corrected chi connectivity index (χ4v) is 2.83. The van der Waals surface area contributed by atoms with Gasteiger partial charge in [0.1, 0.15) is 0 Å². The van der Waals surface area contributed by atoms with Gasteiger partial charge in [-0.2, -0.15) is 5.10 Å². The van der Waals surface area contributed by atoms with Crippen molar-refractivity contribution in [2.24, 2.45) is 5.10 Å². The van der Waals surface area contributed by atoms with E-state index >= 15 is 0 Å². The van der Waals surface area contributed by atoms with Crippen LogP contribution in [0.15, 0.2) is 65.8 Å². The quantitative estimate of drug-likeness (QED) is 0.545. The fraction of sp³-hybridized carbons (Fsp3) is 0.100. The van der Waals surface area contributed by atoms with Crippen molar-refractivity contribution in [2.75, 3.05) is 0 Å². The second-order valence-electron chi connectivity index (χ2n) is 5.72. The summed E-state index contributed by atoms with van der Waals surface area (Å²) < 4.78 is 2.14. The minimum atomic E-state index is -0.268. The number of halogens is 1. The summed E-state index contributed by atoms with van der Waals surface area (Å²) >= 11 is 6.04. The molecule has 0 aliphatic rings. The topological polar surface area (TPSA) is 46.4 Å². The van der Waals surface area contributed by atoms with Gasteiger partial charge in [0, 0.05) is 33.2 Å². The number of carbonyl (C=O) groups is 1. The molecule has 0 bridgehead atoms.